The van der Waals surface area contributed by atoms with E-state index in [1.54, 1.807) is 0 Å². The van der Waals surface area contributed by atoms with Crippen molar-refractivity contribution in [1.29, 1.82) is 0 Å². The molecule has 0 aromatic heterocycles. The van der Waals surface area contributed by atoms with Crippen molar-refractivity contribution in [2.24, 2.45) is 0 Å². The molecule has 1 atom stereocenters. The molecule has 0 aromatic rings. The van der Waals surface area contributed by atoms with Gasteiger partial charge in [-0.1, -0.05) is 0 Å². The molecule has 0 spiro atoms. The highest BCUT2D eigenvalue weighted by atomic mass is 16.5. The van der Waals surface area contributed by atoms with Crippen LogP contribution in [0.2, 0.25) is 0 Å². The third kappa shape index (κ3) is 1.80. The molecule has 0 radical (unpaired) electrons. The molecule has 1 aliphatic carbocycles. The van der Waals surface area contributed by atoms with Gasteiger partial charge in [0.05, 0.1) is 18.8 Å². The van der Waals surface area contributed by atoms with Crippen LogP contribution in [0.1, 0.15) is 19.8 Å². The first-order chi connectivity index (χ1) is 3.83. The highest BCUT2D eigenvalue weighted by Gasteiger charge is 2.23. The quantitative estimate of drug-likeness (QED) is 0.583. The first kappa shape index (κ1) is 6.05. The molecular formula is C6H12O2. The normalized spacial score (nSPS) is 23.2. The van der Waals surface area contributed by atoms with Crippen molar-refractivity contribution in [3.63, 3.8) is 0 Å². The molecule has 0 saturated heterocycles. The van der Waals surface area contributed by atoms with Crippen LogP contribution < -0.4 is 0 Å². The summed E-state index contributed by atoms with van der Waals surface area (Å²) < 4.78 is 5.26. The van der Waals surface area contributed by atoms with Crippen molar-refractivity contribution in [2.45, 2.75) is 32.0 Å². The highest BCUT2D eigenvalue weighted by molar-refractivity contribution is 4.74. The largest absolute Gasteiger partial charge is 0.394 e. The van der Waals surface area contributed by atoms with Gasteiger partial charge in [0, 0.05) is 0 Å². The summed E-state index contributed by atoms with van der Waals surface area (Å²) in [6.07, 6.45) is 2.88. The Kier molecular flexibility index (Phi) is 1.86. The first-order valence-electron chi connectivity index (χ1n) is 3.09. The summed E-state index contributed by atoms with van der Waals surface area (Å²) in [7, 11) is 0. The molecule has 1 saturated carbocycles. The van der Waals surface area contributed by atoms with Crippen molar-refractivity contribution in [2.75, 3.05) is 6.61 Å². The van der Waals surface area contributed by atoms with Crippen molar-refractivity contribution in [3.05, 3.63) is 0 Å². The van der Waals surface area contributed by atoms with Crippen LogP contribution in [0.15, 0.2) is 0 Å². The molecule has 0 amide bonds. The zero-order valence-corrected chi connectivity index (χ0v) is 5.13. The standard InChI is InChI=1S/C6H12O2/c1-5(4-7)8-6-2-3-6/h5-7H,2-4H2,1H3. The van der Waals surface area contributed by atoms with Gasteiger partial charge in [0.2, 0.25) is 0 Å². The smallest absolute Gasteiger partial charge is 0.0781 e. The SMILES string of the molecule is CC(CO)OC1CC1. The number of aliphatic hydroxyl groups is 1. The predicted octanol–water partition coefficient (Wildman–Crippen LogP) is 0.546. The Bertz CT molecular complexity index is 68.9. The van der Waals surface area contributed by atoms with E-state index in [9.17, 15) is 0 Å². The summed E-state index contributed by atoms with van der Waals surface area (Å²) in [6.45, 7) is 2.04. The maximum absolute atomic E-state index is 8.49. The van der Waals surface area contributed by atoms with Crippen LogP contribution in [0.3, 0.4) is 0 Å². The van der Waals surface area contributed by atoms with Crippen molar-refractivity contribution >= 4 is 0 Å². The topological polar surface area (TPSA) is 29.5 Å². The van der Waals surface area contributed by atoms with E-state index in [0.29, 0.717) is 6.10 Å². The molecule has 1 aliphatic rings. The van der Waals surface area contributed by atoms with Crippen LogP contribution >= 0.6 is 0 Å². The summed E-state index contributed by atoms with van der Waals surface area (Å²) in [4.78, 5) is 0. The molecule has 8 heavy (non-hydrogen) atoms. The van der Waals surface area contributed by atoms with Gasteiger partial charge < -0.3 is 9.84 Å². The molecule has 2 heteroatoms. The van der Waals surface area contributed by atoms with E-state index in [1.165, 1.54) is 12.8 Å². The van der Waals surface area contributed by atoms with E-state index in [1.807, 2.05) is 6.92 Å². The fraction of sp³-hybridized carbons (Fsp3) is 1.00. The summed E-state index contributed by atoms with van der Waals surface area (Å²) in [5.74, 6) is 0. The Morgan fingerprint density at radius 2 is 2.38 bits per heavy atom. The van der Waals surface area contributed by atoms with Crippen molar-refractivity contribution < 1.29 is 9.84 Å². The maximum Gasteiger partial charge on any atom is 0.0781 e. The second-order valence-corrected chi connectivity index (χ2v) is 2.33. The third-order valence-corrected chi connectivity index (χ3v) is 1.21. The Morgan fingerprint density at radius 3 is 2.75 bits per heavy atom. The fourth-order valence-corrected chi connectivity index (χ4v) is 0.576. The average Bonchev–Trinajstić information content (AvgIpc) is 2.50. The van der Waals surface area contributed by atoms with Gasteiger partial charge in [0.1, 0.15) is 0 Å². The minimum atomic E-state index is 0.0440. The molecule has 1 unspecified atom stereocenters. The van der Waals surface area contributed by atoms with Gasteiger partial charge in [-0.2, -0.15) is 0 Å². The van der Waals surface area contributed by atoms with Gasteiger partial charge in [-0.3, -0.25) is 0 Å². The van der Waals surface area contributed by atoms with Crippen LogP contribution in [0.25, 0.3) is 0 Å². The number of rotatable bonds is 3. The van der Waals surface area contributed by atoms with Crippen LogP contribution in [0, 0.1) is 0 Å². The molecule has 1 rings (SSSR count). The first-order valence-corrected chi connectivity index (χ1v) is 3.09. The maximum atomic E-state index is 8.49. The van der Waals surface area contributed by atoms with Gasteiger partial charge in [-0.05, 0) is 19.8 Å². The Labute approximate surface area is 49.5 Å². The monoisotopic (exact) mass is 116 g/mol. The van der Waals surface area contributed by atoms with Gasteiger partial charge in [-0.25, -0.2) is 0 Å². The molecule has 48 valence electrons. The van der Waals surface area contributed by atoms with E-state index in [0.717, 1.165) is 0 Å². The van der Waals surface area contributed by atoms with Crippen molar-refractivity contribution in [3.8, 4) is 0 Å². The third-order valence-electron chi connectivity index (χ3n) is 1.21. The minimum Gasteiger partial charge on any atom is -0.394 e. The molecule has 1 N–H and O–H groups in total. The summed E-state index contributed by atoms with van der Waals surface area (Å²) in [6, 6.07) is 0. The number of hydrogen-bond donors (Lipinski definition) is 1. The number of aliphatic hydroxyl groups excluding tert-OH is 1. The molecule has 1 fully saturated rings. The molecule has 0 heterocycles. The van der Waals surface area contributed by atoms with E-state index >= 15 is 0 Å². The summed E-state index contributed by atoms with van der Waals surface area (Å²) in [5, 5.41) is 8.49. The summed E-state index contributed by atoms with van der Waals surface area (Å²) >= 11 is 0. The second-order valence-electron chi connectivity index (χ2n) is 2.33. The lowest BCUT2D eigenvalue weighted by molar-refractivity contribution is 0.0141. The van der Waals surface area contributed by atoms with Crippen LogP contribution in [-0.4, -0.2) is 23.9 Å². The van der Waals surface area contributed by atoms with Crippen LogP contribution in [-0.2, 0) is 4.74 Å². The summed E-state index contributed by atoms with van der Waals surface area (Å²) in [5.41, 5.74) is 0. The molecule has 0 aromatic carbocycles. The Hall–Kier alpha value is -0.0800. The molecular weight excluding hydrogens is 104 g/mol. The molecule has 0 aliphatic heterocycles. The second kappa shape index (κ2) is 2.46. The molecule has 0 bridgehead atoms. The predicted molar refractivity (Wildman–Crippen MR) is 30.7 cm³/mol. The lowest BCUT2D eigenvalue weighted by Gasteiger charge is -2.06. The van der Waals surface area contributed by atoms with E-state index in [4.69, 9.17) is 9.84 Å². The lowest BCUT2D eigenvalue weighted by atomic mass is 10.4. The fourth-order valence-electron chi connectivity index (χ4n) is 0.576. The molecule has 2 nitrogen and oxygen atoms in total. The Morgan fingerprint density at radius 1 is 1.75 bits per heavy atom. The average molecular weight is 116 g/mol. The van der Waals surface area contributed by atoms with Crippen LogP contribution in [0.4, 0.5) is 0 Å². The van der Waals surface area contributed by atoms with Gasteiger partial charge in [-0.15, -0.1) is 0 Å². The lowest BCUT2D eigenvalue weighted by Crippen LogP contribution is -2.13. The minimum absolute atomic E-state index is 0.0440. The van der Waals surface area contributed by atoms with Crippen molar-refractivity contribution in [1.82, 2.24) is 0 Å². The van der Waals surface area contributed by atoms with Gasteiger partial charge in [0.25, 0.3) is 0 Å². The zero-order chi connectivity index (χ0) is 5.98. The number of ether oxygens (including phenoxy) is 1. The Balaban J connectivity index is 1.98. The number of hydrogen-bond acceptors (Lipinski definition) is 2. The zero-order valence-electron chi connectivity index (χ0n) is 5.13. The van der Waals surface area contributed by atoms with E-state index in [-0.39, 0.29) is 12.7 Å². The van der Waals surface area contributed by atoms with Gasteiger partial charge >= 0.3 is 0 Å². The van der Waals surface area contributed by atoms with Crippen LogP contribution in [0.5, 0.6) is 0 Å². The van der Waals surface area contributed by atoms with Gasteiger partial charge in [0.15, 0.2) is 0 Å². The highest BCUT2D eigenvalue weighted by Crippen LogP contribution is 2.24. The van der Waals surface area contributed by atoms with E-state index < -0.39 is 0 Å². The van der Waals surface area contributed by atoms with E-state index in [2.05, 4.69) is 0 Å².